The van der Waals surface area contributed by atoms with Crippen LogP contribution in [0.1, 0.15) is 86.5 Å². The third-order valence-corrected chi connectivity index (χ3v) is 9.15. The van der Waals surface area contributed by atoms with Gasteiger partial charge in [0.1, 0.15) is 0 Å². The van der Waals surface area contributed by atoms with Crippen molar-refractivity contribution in [2.45, 2.75) is 89.6 Å². The van der Waals surface area contributed by atoms with Crippen molar-refractivity contribution >= 4 is 11.8 Å². The van der Waals surface area contributed by atoms with Gasteiger partial charge in [0, 0.05) is 51.0 Å². The quantitative estimate of drug-likeness (QED) is 0.169. The summed E-state index contributed by atoms with van der Waals surface area (Å²) in [6.45, 7) is 4.51. The summed E-state index contributed by atoms with van der Waals surface area (Å²) in [6, 6.07) is 24.6. The first-order chi connectivity index (χ1) is 22.9. The lowest BCUT2D eigenvalue weighted by Crippen LogP contribution is -2.42. The van der Waals surface area contributed by atoms with Crippen LogP contribution in [-0.2, 0) is 32.2 Å². The highest BCUT2D eigenvalue weighted by molar-refractivity contribution is 5.76. The predicted molar refractivity (Wildman–Crippen MR) is 181 cm³/mol. The van der Waals surface area contributed by atoms with Crippen molar-refractivity contribution in [3.05, 3.63) is 95.1 Å². The second-order valence-electron chi connectivity index (χ2n) is 12.7. The third-order valence-electron chi connectivity index (χ3n) is 9.15. The van der Waals surface area contributed by atoms with E-state index in [0.29, 0.717) is 25.9 Å². The molecule has 9 heteroatoms. The molecule has 0 bridgehead atoms. The fraction of sp³-hybridized carbons (Fsp3) is 0.474. The maximum atomic E-state index is 12.4. The second-order valence-corrected chi connectivity index (χ2v) is 12.7. The topological polar surface area (TPSA) is 120 Å². The molecule has 0 unspecified atom stereocenters. The molecule has 5 rings (SSSR count). The van der Waals surface area contributed by atoms with Gasteiger partial charge in [-0.05, 0) is 66.1 Å². The molecule has 4 N–H and O–H groups in total. The number of nitrogens with one attached hydrogen (secondary N) is 2. The summed E-state index contributed by atoms with van der Waals surface area (Å²) in [7, 11) is 0. The minimum atomic E-state index is -0.535. The fourth-order valence-corrected chi connectivity index (χ4v) is 6.47. The van der Waals surface area contributed by atoms with Gasteiger partial charge >= 0.3 is 0 Å². The van der Waals surface area contributed by atoms with Gasteiger partial charge in [0.05, 0.1) is 25.4 Å². The van der Waals surface area contributed by atoms with Gasteiger partial charge in [0.25, 0.3) is 0 Å². The number of rotatable bonds is 15. The SMILES string of the molecule is CC(=O)NCCCCCC(=O)NCc1cccc(-c2ccc([C@@H]3O[C@H](CN4CCC[C@H]4CO)C[C@H](c4ccc(CO)cc4)O3)cc2)c1. The Balaban J connectivity index is 1.20. The van der Waals surface area contributed by atoms with Crippen LogP contribution in [0.2, 0.25) is 0 Å². The van der Waals surface area contributed by atoms with E-state index in [9.17, 15) is 19.8 Å². The number of carbonyl (C=O) groups is 2. The first-order valence-electron chi connectivity index (χ1n) is 17.0. The summed E-state index contributed by atoms with van der Waals surface area (Å²) in [6.07, 6.45) is 5.10. The average Bonchev–Trinajstić information content (AvgIpc) is 3.55. The number of aliphatic hydroxyl groups excluding tert-OH is 2. The number of nitrogens with zero attached hydrogens (tertiary/aromatic N) is 1. The van der Waals surface area contributed by atoms with E-state index in [1.807, 2.05) is 36.4 Å². The van der Waals surface area contributed by atoms with Gasteiger partial charge in [0.2, 0.25) is 11.8 Å². The maximum Gasteiger partial charge on any atom is 0.220 e. The first-order valence-corrected chi connectivity index (χ1v) is 17.0. The van der Waals surface area contributed by atoms with E-state index < -0.39 is 6.29 Å². The fourth-order valence-electron chi connectivity index (χ4n) is 6.47. The molecule has 252 valence electrons. The molecule has 2 fully saturated rings. The van der Waals surface area contributed by atoms with Gasteiger partial charge in [-0.2, -0.15) is 0 Å². The van der Waals surface area contributed by atoms with Crippen molar-refractivity contribution < 1.29 is 29.3 Å². The van der Waals surface area contributed by atoms with Crippen LogP contribution >= 0.6 is 0 Å². The molecule has 0 saturated carbocycles. The van der Waals surface area contributed by atoms with Gasteiger partial charge in [0.15, 0.2) is 6.29 Å². The number of unbranched alkanes of at least 4 members (excludes halogenated alkanes) is 2. The highest BCUT2D eigenvalue weighted by Gasteiger charge is 2.35. The average molecular weight is 644 g/mol. The monoisotopic (exact) mass is 643 g/mol. The Kier molecular flexibility index (Phi) is 12.9. The van der Waals surface area contributed by atoms with Crippen molar-refractivity contribution in [1.29, 1.82) is 0 Å². The summed E-state index contributed by atoms with van der Waals surface area (Å²) in [5.74, 6) is 0.00745. The van der Waals surface area contributed by atoms with Crippen molar-refractivity contribution in [2.24, 2.45) is 0 Å². The van der Waals surface area contributed by atoms with Crippen molar-refractivity contribution in [2.75, 3.05) is 26.2 Å². The normalized spacial score (nSPS) is 21.4. The standard InChI is InChI=1S/C38H49N3O6/c1-27(44)39-19-4-2-3-10-37(45)40-23-29-7-5-8-33(21-29)30-15-17-32(18-16-30)38-46-35(24-41-20-6-9-34(41)26-43)22-36(47-38)31-13-11-28(25-42)12-14-31/h5,7-8,11-18,21,34-36,38,42-43H,2-4,6,9-10,19-20,22-26H2,1H3,(H,39,44)(H,40,45)/t34-,35-,36+,38+/m0/s1. The Hall–Kier alpha value is -3.60. The lowest BCUT2D eigenvalue weighted by Gasteiger charge is -2.38. The van der Waals surface area contributed by atoms with Crippen LogP contribution < -0.4 is 10.6 Å². The van der Waals surface area contributed by atoms with Crippen LogP contribution in [0.5, 0.6) is 0 Å². The minimum absolute atomic E-state index is 0.00456. The van der Waals surface area contributed by atoms with Crippen LogP contribution in [0.25, 0.3) is 11.1 Å². The van der Waals surface area contributed by atoms with Gasteiger partial charge in [-0.25, -0.2) is 0 Å². The molecule has 0 radical (unpaired) electrons. The molecule has 2 amide bonds. The summed E-state index contributed by atoms with van der Waals surface area (Å²) >= 11 is 0. The van der Waals surface area contributed by atoms with Crippen molar-refractivity contribution in [3.63, 3.8) is 0 Å². The highest BCUT2D eigenvalue weighted by atomic mass is 16.7. The number of amides is 2. The number of hydrogen-bond acceptors (Lipinski definition) is 7. The summed E-state index contributed by atoms with van der Waals surface area (Å²) in [5, 5.41) is 25.2. The van der Waals surface area contributed by atoms with Crippen molar-refractivity contribution in [3.8, 4) is 11.1 Å². The van der Waals surface area contributed by atoms with E-state index >= 15 is 0 Å². The van der Waals surface area contributed by atoms with Crippen LogP contribution in [0.15, 0.2) is 72.8 Å². The molecule has 2 saturated heterocycles. The molecule has 2 aliphatic rings. The van der Waals surface area contributed by atoms with Crippen LogP contribution in [0.3, 0.4) is 0 Å². The zero-order valence-electron chi connectivity index (χ0n) is 27.4. The second kappa shape index (κ2) is 17.5. The molecule has 0 aromatic heterocycles. The van der Waals surface area contributed by atoms with Crippen molar-refractivity contribution in [1.82, 2.24) is 15.5 Å². The molecule has 4 atom stereocenters. The Bertz CT molecular complexity index is 1430. The third kappa shape index (κ3) is 10.2. The molecule has 2 heterocycles. The molecule has 2 aliphatic heterocycles. The van der Waals surface area contributed by atoms with E-state index in [-0.39, 0.29) is 43.3 Å². The first kappa shape index (κ1) is 34.7. The number of aliphatic hydroxyl groups is 2. The van der Waals surface area contributed by atoms with Crippen LogP contribution in [0.4, 0.5) is 0 Å². The lowest BCUT2D eigenvalue weighted by atomic mass is 9.98. The lowest BCUT2D eigenvalue weighted by molar-refractivity contribution is -0.253. The summed E-state index contributed by atoms with van der Waals surface area (Å²) in [4.78, 5) is 25.7. The van der Waals surface area contributed by atoms with Gasteiger partial charge in [-0.3, -0.25) is 14.5 Å². The molecule has 3 aromatic carbocycles. The van der Waals surface area contributed by atoms with Crippen LogP contribution in [-0.4, -0.2) is 65.3 Å². The van der Waals surface area contributed by atoms with E-state index in [1.54, 1.807) is 0 Å². The maximum absolute atomic E-state index is 12.4. The molecular weight excluding hydrogens is 594 g/mol. The predicted octanol–water partition coefficient (Wildman–Crippen LogP) is 5.16. The number of carbonyl (C=O) groups excluding carboxylic acids is 2. The largest absolute Gasteiger partial charge is 0.395 e. The van der Waals surface area contributed by atoms with E-state index in [2.05, 4.69) is 51.9 Å². The number of likely N-dealkylation sites (tertiary alicyclic amines) is 1. The molecular formula is C38H49N3O6. The zero-order valence-corrected chi connectivity index (χ0v) is 27.4. The Morgan fingerprint density at radius 1 is 0.872 bits per heavy atom. The number of ether oxygens (including phenoxy) is 2. The Morgan fingerprint density at radius 2 is 1.66 bits per heavy atom. The van der Waals surface area contributed by atoms with E-state index in [1.165, 1.54) is 6.92 Å². The van der Waals surface area contributed by atoms with E-state index in [4.69, 9.17) is 9.47 Å². The van der Waals surface area contributed by atoms with Gasteiger partial charge in [-0.1, -0.05) is 73.2 Å². The number of benzene rings is 3. The summed E-state index contributed by atoms with van der Waals surface area (Å²) in [5.41, 5.74) is 6.03. The highest BCUT2D eigenvalue weighted by Crippen LogP contribution is 2.39. The molecule has 9 nitrogen and oxygen atoms in total. The Morgan fingerprint density at radius 3 is 2.40 bits per heavy atom. The number of hydrogen-bond donors (Lipinski definition) is 4. The van der Waals surface area contributed by atoms with E-state index in [0.717, 1.165) is 78.6 Å². The van der Waals surface area contributed by atoms with Crippen LogP contribution in [0, 0.1) is 0 Å². The molecule has 0 aliphatic carbocycles. The smallest absolute Gasteiger partial charge is 0.220 e. The van der Waals surface area contributed by atoms with Gasteiger partial charge < -0.3 is 30.3 Å². The zero-order chi connectivity index (χ0) is 33.0. The molecule has 47 heavy (non-hydrogen) atoms. The molecule has 3 aromatic rings. The Labute approximate surface area is 278 Å². The van der Waals surface area contributed by atoms with Gasteiger partial charge in [-0.15, -0.1) is 0 Å². The molecule has 0 spiro atoms. The summed E-state index contributed by atoms with van der Waals surface area (Å²) < 4.78 is 13.1. The minimum Gasteiger partial charge on any atom is -0.395 e.